The molecule has 3 rings (SSSR count). The molecule has 9 heteroatoms. The lowest BCUT2D eigenvalue weighted by Crippen LogP contribution is -2.16. The summed E-state index contributed by atoms with van der Waals surface area (Å²) in [5.74, 6) is 0.389. The number of ether oxygens (including phenoxy) is 2. The molecule has 2 aromatic carbocycles. The van der Waals surface area contributed by atoms with E-state index in [2.05, 4.69) is 9.72 Å². The lowest BCUT2D eigenvalue weighted by molar-refractivity contribution is -0.274. The fourth-order valence-electron chi connectivity index (χ4n) is 2.75. The molecule has 0 atom stereocenters. The van der Waals surface area contributed by atoms with Crippen molar-refractivity contribution in [3.05, 3.63) is 75.2 Å². The first kappa shape index (κ1) is 20.8. The van der Waals surface area contributed by atoms with Crippen LogP contribution in [0.5, 0.6) is 17.2 Å². The van der Waals surface area contributed by atoms with E-state index in [1.165, 1.54) is 12.1 Å². The van der Waals surface area contributed by atoms with E-state index in [9.17, 15) is 23.1 Å². The van der Waals surface area contributed by atoms with E-state index >= 15 is 0 Å². The second-order valence-corrected chi connectivity index (χ2v) is 6.43. The molecule has 0 saturated carbocycles. The van der Waals surface area contributed by atoms with Crippen LogP contribution in [0.3, 0.4) is 0 Å². The minimum absolute atomic E-state index is 0.0745. The van der Waals surface area contributed by atoms with Crippen LogP contribution in [0.15, 0.2) is 53.3 Å². The van der Waals surface area contributed by atoms with Gasteiger partial charge in [0.05, 0.1) is 12.3 Å². The van der Waals surface area contributed by atoms with Gasteiger partial charge >= 0.3 is 6.36 Å². The molecule has 0 amide bonds. The van der Waals surface area contributed by atoms with E-state index in [0.29, 0.717) is 28.3 Å². The lowest BCUT2D eigenvalue weighted by Gasteiger charge is -2.11. The summed E-state index contributed by atoms with van der Waals surface area (Å²) in [5.41, 5.74) is 1.36. The van der Waals surface area contributed by atoms with Gasteiger partial charge in [0.1, 0.15) is 22.3 Å². The van der Waals surface area contributed by atoms with Gasteiger partial charge < -0.3 is 19.6 Å². The second kappa shape index (κ2) is 8.18. The number of aliphatic hydroxyl groups excluding tert-OH is 1. The first-order valence-corrected chi connectivity index (χ1v) is 8.72. The molecule has 0 unspecified atom stereocenters. The third-order valence-electron chi connectivity index (χ3n) is 4.00. The number of alkyl halides is 3. The maximum atomic E-state index is 12.5. The summed E-state index contributed by atoms with van der Waals surface area (Å²) in [6.07, 6.45) is -4.76. The predicted molar refractivity (Wildman–Crippen MR) is 101 cm³/mol. The molecule has 0 radical (unpaired) electrons. The molecule has 152 valence electrons. The van der Waals surface area contributed by atoms with Gasteiger partial charge in [-0.1, -0.05) is 23.7 Å². The van der Waals surface area contributed by atoms with Gasteiger partial charge in [0.25, 0.3) is 0 Å². The molecule has 0 saturated heterocycles. The first-order chi connectivity index (χ1) is 13.7. The third kappa shape index (κ3) is 4.90. The van der Waals surface area contributed by atoms with Gasteiger partial charge in [-0.25, -0.2) is 0 Å². The fraction of sp³-hybridized carbons (Fsp3) is 0.150. The Kier molecular flexibility index (Phi) is 5.86. The van der Waals surface area contributed by atoms with Crippen LogP contribution in [0.1, 0.15) is 11.4 Å². The molecule has 5 nitrogen and oxygen atoms in total. The quantitative estimate of drug-likeness (QED) is 0.590. The highest BCUT2D eigenvalue weighted by atomic mass is 35.5. The summed E-state index contributed by atoms with van der Waals surface area (Å²) in [5, 5.41) is 9.17. The largest absolute Gasteiger partial charge is 0.573 e. The first-order valence-electron chi connectivity index (χ1n) is 8.34. The smallest absolute Gasteiger partial charge is 0.457 e. The van der Waals surface area contributed by atoms with Gasteiger partial charge in [0.2, 0.25) is 5.43 Å². The van der Waals surface area contributed by atoms with Gasteiger partial charge in [-0.15, -0.1) is 13.2 Å². The summed E-state index contributed by atoms with van der Waals surface area (Å²) in [6.45, 7) is 1.32. The van der Waals surface area contributed by atoms with Crippen LogP contribution in [-0.4, -0.2) is 16.5 Å². The minimum Gasteiger partial charge on any atom is -0.457 e. The zero-order valence-electron chi connectivity index (χ0n) is 15.0. The number of pyridine rings is 1. The number of aromatic amines is 1. The summed E-state index contributed by atoms with van der Waals surface area (Å²) in [4.78, 5) is 15.4. The Labute approximate surface area is 168 Å². The maximum Gasteiger partial charge on any atom is 0.573 e. The predicted octanol–water partition coefficient (Wildman–Crippen LogP) is 5.19. The molecular formula is C20H15ClF3NO4. The van der Waals surface area contributed by atoms with Crippen molar-refractivity contribution in [2.75, 3.05) is 0 Å². The second-order valence-electron chi connectivity index (χ2n) is 6.05. The van der Waals surface area contributed by atoms with E-state index < -0.39 is 11.8 Å². The Morgan fingerprint density at radius 2 is 1.52 bits per heavy atom. The van der Waals surface area contributed by atoms with Crippen molar-refractivity contribution in [2.45, 2.75) is 19.9 Å². The highest BCUT2D eigenvalue weighted by Crippen LogP contribution is 2.29. The van der Waals surface area contributed by atoms with Crippen molar-refractivity contribution in [3.8, 4) is 28.4 Å². The molecule has 0 spiro atoms. The molecule has 29 heavy (non-hydrogen) atoms. The van der Waals surface area contributed by atoms with E-state index in [0.717, 1.165) is 12.1 Å². The van der Waals surface area contributed by atoms with Crippen molar-refractivity contribution in [2.24, 2.45) is 0 Å². The van der Waals surface area contributed by atoms with E-state index in [-0.39, 0.29) is 23.1 Å². The molecule has 0 bridgehead atoms. The van der Waals surface area contributed by atoms with Crippen molar-refractivity contribution in [1.29, 1.82) is 0 Å². The number of halogens is 4. The highest BCUT2D eigenvalue weighted by molar-refractivity contribution is 6.31. The average molecular weight is 426 g/mol. The highest BCUT2D eigenvalue weighted by Gasteiger charge is 2.31. The van der Waals surface area contributed by atoms with Crippen LogP contribution in [0, 0.1) is 6.92 Å². The number of aromatic nitrogens is 1. The number of aliphatic hydroxyl groups is 1. The molecule has 1 aromatic heterocycles. The molecular weight excluding hydrogens is 411 g/mol. The van der Waals surface area contributed by atoms with Gasteiger partial charge in [-0.05, 0) is 48.9 Å². The van der Waals surface area contributed by atoms with Gasteiger partial charge in [0.15, 0.2) is 0 Å². The third-order valence-corrected chi connectivity index (χ3v) is 4.40. The summed E-state index contributed by atoms with van der Waals surface area (Å²) in [7, 11) is 0. The Hall–Kier alpha value is -2.97. The van der Waals surface area contributed by atoms with Crippen molar-refractivity contribution >= 4 is 11.6 Å². The minimum atomic E-state index is -4.76. The van der Waals surface area contributed by atoms with Crippen LogP contribution in [0.2, 0.25) is 5.02 Å². The van der Waals surface area contributed by atoms with Crippen LogP contribution < -0.4 is 14.9 Å². The van der Waals surface area contributed by atoms with Crippen LogP contribution in [0.25, 0.3) is 11.1 Å². The summed E-state index contributed by atoms with van der Waals surface area (Å²) >= 11 is 6.00. The molecule has 1 heterocycles. The van der Waals surface area contributed by atoms with Crippen molar-refractivity contribution in [3.63, 3.8) is 0 Å². The SMILES string of the molecule is Cc1[nH]c(CO)c(Cl)c(=O)c1-c1ccc(Oc2ccc(OC(F)(F)F)cc2)cc1. The fourth-order valence-corrected chi connectivity index (χ4v) is 2.95. The Morgan fingerprint density at radius 3 is 2.03 bits per heavy atom. The Morgan fingerprint density at radius 1 is 1.00 bits per heavy atom. The standard InChI is InChI=1S/C20H15ClF3NO4/c1-11-17(19(27)18(21)16(10-26)25-11)12-2-4-13(5-3-12)28-14-6-8-15(9-7-14)29-20(22,23)24/h2-9,26H,10H2,1H3,(H,25,27). The van der Waals surface area contributed by atoms with Crippen molar-refractivity contribution in [1.82, 2.24) is 4.98 Å². The molecule has 3 aromatic rings. The lowest BCUT2D eigenvalue weighted by atomic mass is 10.0. The topological polar surface area (TPSA) is 71.5 Å². The number of hydrogen-bond acceptors (Lipinski definition) is 4. The van der Waals surface area contributed by atoms with E-state index in [1.807, 2.05) is 0 Å². The number of H-pyrrole nitrogens is 1. The number of nitrogens with one attached hydrogen (secondary N) is 1. The van der Waals surface area contributed by atoms with Crippen LogP contribution >= 0.6 is 11.6 Å². The van der Waals surface area contributed by atoms with Gasteiger partial charge in [-0.2, -0.15) is 0 Å². The van der Waals surface area contributed by atoms with Crippen LogP contribution in [-0.2, 0) is 6.61 Å². The number of rotatable bonds is 5. The normalized spacial score (nSPS) is 11.4. The molecule has 0 aliphatic rings. The van der Waals surface area contributed by atoms with Gasteiger partial charge in [-0.3, -0.25) is 4.79 Å². The summed E-state index contributed by atoms with van der Waals surface area (Å²) in [6, 6.07) is 11.5. The zero-order chi connectivity index (χ0) is 21.2. The van der Waals surface area contributed by atoms with E-state index in [1.54, 1.807) is 31.2 Å². The molecule has 0 aliphatic carbocycles. The molecule has 0 aliphatic heterocycles. The number of hydrogen-bond donors (Lipinski definition) is 2. The number of aryl methyl sites for hydroxylation is 1. The number of benzene rings is 2. The van der Waals surface area contributed by atoms with Gasteiger partial charge in [0, 0.05) is 11.3 Å². The maximum absolute atomic E-state index is 12.5. The summed E-state index contributed by atoms with van der Waals surface area (Å²) < 4.78 is 46.0. The molecule has 0 fully saturated rings. The molecule has 2 N–H and O–H groups in total. The van der Waals surface area contributed by atoms with E-state index in [4.69, 9.17) is 16.3 Å². The Bertz CT molecular complexity index is 1060. The Balaban J connectivity index is 1.80. The van der Waals surface area contributed by atoms with Crippen LogP contribution in [0.4, 0.5) is 13.2 Å². The van der Waals surface area contributed by atoms with Crippen molar-refractivity contribution < 1.29 is 27.8 Å². The average Bonchev–Trinajstić information content (AvgIpc) is 2.66. The zero-order valence-corrected chi connectivity index (χ0v) is 15.8. The monoisotopic (exact) mass is 425 g/mol.